The van der Waals surface area contributed by atoms with Gasteiger partial charge in [0.25, 0.3) is 0 Å². The number of rotatable bonds is 5. The minimum Gasteiger partial charge on any atom is -0.465 e. The molecule has 0 aliphatic carbocycles. The Morgan fingerprint density at radius 1 is 1.55 bits per heavy atom. The second kappa shape index (κ2) is 6.02. The number of carbonyl (C=O) groups is 1. The zero-order valence-corrected chi connectivity index (χ0v) is 12.8. The van der Waals surface area contributed by atoms with Gasteiger partial charge in [0.1, 0.15) is 10.6 Å². The number of aliphatic hydroxyl groups is 1. The van der Waals surface area contributed by atoms with Gasteiger partial charge in [0.2, 0.25) is 15.0 Å². The van der Waals surface area contributed by atoms with Gasteiger partial charge in [-0.2, -0.15) is 0 Å². The van der Waals surface area contributed by atoms with Crippen LogP contribution in [0, 0.1) is 0 Å². The fraction of sp³-hybridized carbons (Fsp3) is 0.545. The van der Waals surface area contributed by atoms with Crippen LogP contribution in [0.4, 0.5) is 0 Å². The maximum absolute atomic E-state index is 11.9. The van der Waals surface area contributed by atoms with Crippen LogP contribution in [0.2, 0.25) is 5.15 Å². The van der Waals surface area contributed by atoms with Crippen LogP contribution in [-0.2, 0) is 24.8 Å². The molecule has 0 saturated heterocycles. The van der Waals surface area contributed by atoms with Gasteiger partial charge < -0.3 is 9.84 Å². The summed E-state index contributed by atoms with van der Waals surface area (Å²) in [6.45, 7) is 2.59. The van der Waals surface area contributed by atoms with Crippen molar-refractivity contribution in [3.8, 4) is 0 Å². The van der Waals surface area contributed by atoms with Crippen LogP contribution < -0.4 is 0 Å². The second-order valence-corrected chi connectivity index (χ2v) is 6.61. The van der Waals surface area contributed by atoms with E-state index in [4.69, 9.17) is 16.3 Å². The topological polar surface area (TPSA) is 106 Å². The van der Waals surface area contributed by atoms with Gasteiger partial charge in [0, 0.05) is 18.0 Å². The summed E-state index contributed by atoms with van der Waals surface area (Å²) >= 11 is 5.91. The molecule has 112 valence electrons. The van der Waals surface area contributed by atoms with E-state index in [-0.39, 0.29) is 17.3 Å². The van der Waals surface area contributed by atoms with E-state index in [1.54, 1.807) is 6.92 Å². The molecule has 1 aromatic rings. The molecule has 1 heterocycles. The molecule has 0 aromatic carbocycles. The molecule has 0 fully saturated rings. The summed E-state index contributed by atoms with van der Waals surface area (Å²) in [6, 6.07) is 0. The molecule has 0 radical (unpaired) electrons. The molecular formula is C11H15ClN2O5S. The largest absolute Gasteiger partial charge is 0.465 e. The molecule has 20 heavy (non-hydrogen) atoms. The van der Waals surface area contributed by atoms with E-state index in [1.807, 2.05) is 0 Å². The molecule has 0 aliphatic rings. The third-order valence-corrected chi connectivity index (χ3v) is 3.84. The summed E-state index contributed by atoms with van der Waals surface area (Å²) in [6.07, 6.45) is 2.05. The number of carbonyl (C=O) groups excluding carboxylic acids is 1. The standard InChI is InChI=1S/C11H15ClN2O5S/c1-4-19-9(16)11(2,6-15)7-5-13-10(14-8(7)12)20(3,17)18/h5,15H,4,6H2,1-3H3. The summed E-state index contributed by atoms with van der Waals surface area (Å²) in [5.41, 5.74) is -1.35. The smallest absolute Gasteiger partial charge is 0.318 e. The average Bonchev–Trinajstić information content (AvgIpc) is 2.36. The van der Waals surface area contributed by atoms with Crippen molar-refractivity contribution in [3.05, 3.63) is 16.9 Å². The quantitative estimate of drug-likeness (QED) is 0.473. The summed E-state index contributed by atoms with van der Waals surface area (Å²) in [5, 5.41) is 8.79. The number of halogens is 1. The van der Waals surface area contributed by atoms with Gasteiger partial charge in [-0.15, -0.1) is 0 Å². The highest BCUT2D eigenvalue weighted by molar-refractivity contribution is 7.90. The molecule has 1 N–H and O–H groups in total. The van der Waals surface area contributed by atoms with E-state index in [2.05, 4.69) is 9.97 Å². The number of hydrogen-bond acceptors (Lipinski definition) is 7. The van der Waals surface area contributed by atoms with Crippen LogP contribution in [-0.4, -0.2) is 48.9 Å². The Bertz CT molecular complexity index is 619. The number of aromatic nitrogens is 2. The Balaban J connectivity index is 3.35. The summed E-state index contributed by atoms with van der Waals surface area (Å²) in [4.78, 5) is 19.2. The molecule has 0 saturated carbocycles. The zero-order chi connectivity index (χ0) is 15.6. The molecule has 7 nitrogen and oxygen atoms in total. The van der Waals surface area contributed by atoms with E-state index in [1.165, 1.54) is 6.92 Å². The highest BCUT2D eigenvalue weighted by atomic mass is 35.5. The first kappa shape index (κ1) is 16.8. The summed E-state index contributed by atoms with van der Waals surface area (Å²) in [5.74, 6) is -0.694. The molecule has 0 bridgehead atoms. The second-order valence-electron chi connectivity index (χ2n) is 4.34. The lowest BCUT2D eigenvalue weighted by molar-refractivity contribution is -0.151. The number of ether oxygens (including phenoxy) is 1. The third kappa shape index (κ3) is 3.25. The van der Waals surface area contributed by atoms with E-state index in [9.17, 15) is 18.3 Å². The number of hydrogen-bond donors (Lipinski definition) is 1. The minimum absolute atomic E-state index is 0.104. The average molecular weight is 323 g/mol. The first-order valence-electron chi connectivity index (χ1n) is 5.68. The summed E-state index contributed by atoms with van der Waals surface area (Å²) < 4.78 is 27.5. The fourth-order valence-electron chi connectivity index (χ4n) is 1.44. The number of aliphatic hydroxyl groups excluding tert-OH is 1. The van der Waals surface area contributed by atoms with Crippen molar-refractivity contribution in [2.75, 3.05) is 19.5 Å². The van der Waals surface area contributed by atoms with Gasteiger partial charge in [-0.05, 0) is 13.8 Å². The van der Waals surface area contributed by atoms with Gasteiger partial charge in [-0.1, -0.05) is 11.6 Å². The van der Waals surface area contributed by atoms with Crippen molar-refractivity contribution in [1.29, 1.82) is 0 Å². The molecular weight excluding hydrogens is 308 g/mol. The zero-order valence-electron chi connectivity index (χ0n) is 11.3. The van der Waals surface area contributed by atoms with Crippen LogP contribution in [0.1, 0.15) is 19.4 Å². The van der Waals surface area contributed by atoms with E-state index in [0.29, 0.717) is 0 Å². The van der Waals surface area contributed by atoms with Crippen molar-refractivity contribution >= 4 is 27.4 Å². The van der Waals surface area contributed by atoms with Gasteiger partial charge in [0.15, 0.2) is 0 Å². The van der Waals surface area contributed by atoms with Gasteiger partial charge in [-0.25, -0.2) is 18.4 Å². The Morgan fingerprint density at radius 3 is 2.55 bits per heavy atom. The maximum atomic E-state index is 11.9. The Labute approximate surface area is 121 Å². The highest BCUT2D eigenvalue weighted by Crippen LogP contribution is 2.30. The SMILES string of the molecule is CCOC(=O)C(C)(CO)c1cnc(S(C)(=O)=O)nc1Cl. The van der Waals surface area contributed by atoms with Crippen LogP contribution in [0.15, 0.2) is 11.4 Å². The highest BCUT2D eigenvalue weighted by Gasteiger charge is 2.39. The Kier molecular flexibility index (Phi) is 5.06. The summed E-state index contributed by atoms with van der Waals surface area (Å²) in [7, 11) is -3.61. The molecule has 0 amide bonds. The molecule has 0 spiro atoms. The van der Waals surface area contributed by atoms with Gasteiger partial charge >= 0.3 is 5.97 Å². The van der Waals surface area contributed by atoms with Gasteiger partial charge in [-0.3, -0.25) is 4.79 Å². The number of sulfone groups is 1. The van der Waals surface area contributed by atoms with Crippen LogP contribution in [0.3, 0.4) is 0 Å². The monoisotopic (exact) mass is 322 g/mol. The Hall–Kier alpha value is -1.25. The lowest BCUT2D eigenvalue weighted by Gasteiger charge is -2.25. The van der Waals surface area contributed by atoms with Crippen molar-refractivity contribution in [2.45, 2.75) is 24.4 Å². The molecule has 1 aromatic heterocycles. The van der Waals surface area contributed by atoms with E-state index >= 15 is 0 Å². The van der Waals surface area contributed by atoms with E-state index in [0.717, 1.165) is 12.5 Å². The minimum atomic E-state index is -3.61. The van der Waals surface area contributed by atoms with E-state index < -0.39 is 33.0 Å². The molecule has 1 rings (SSSR count). The maximum Gasteiger partial charge on any atom is 0.318 e. The van der Waals surface area contributed by atoms with Crippen molar-refractivity contribution in [1.82, 2.24) is 9.97 Å². The fourth-order valence-corrected chi connectivity index (χ4v) is 2.33. The molecule has 9 heteroatoms. The van der Waals surface area contributed by atoms with Gasteiger partial charge in [0.05, 0.1) is 13.2 Å². The lowest BCUT2D eigenvalue weighted by atomic mass is 9.85. The van der Waals surface area contributed by atoms with Crippen molar-refractivity contribution in [3.63, 3.8) is 0 Å². The molecule has 1 atom stereocenters. The molecule has 0 aliphatic heterocycles. The van der Waals surface area contributed by atoms with Crippen LogP contribution >= 0.6 is 11.6 Å². The normalized spacial score (nSPS) is 14.7. The van der Waals surface area contributed by atoms with Crippen LogP contribution in [0.5, 0.6) is 0 Å². The molecule has 1 unspecified atom stereocenters. The van der Waals surface area contributed by atoms with Crippen molar-refractivity contribution in [2.24, 2.45) is 0 Å². The van der Waals surface area contributed by atoms with Crippen molar-refractivity contribution < 1.29 is 23.1 Å². The van der Waals surface area contributed by atoms with Crippen LogP contribution in [0.25, 0.3) is 0 Å². The predicted octanol–water partition coefficient (Wildman–Crippen LogP) is 0.347. The Morgan fingerprint density at radius 2 is 2.15 bits per heavy atom. The number of esters is 1. The first-order chi connectivity index (χ1) is 9.16. The third-order valence-electron chi connectivity index (χ3n) is 2.69. The number of nitrogens with zero attached hydrogens (tertiary/aromatic N) is 2. The lowest BCUT2D eigenvalue weighted by Crippen LogP contribution is -2.38. The first-order valence-corrected chi connectivity index (χ1v) is 7.95. The predicted molar refractivity (Wildman–Crippen MR) is 71.2 cm³/mol.